The number of anilines is 1. The van der Waals surface area contributed by atoms with Crippen LogP contribution in [-0.2, 0) is 4.79 Å². The van der Waals surface area contributed by atoms with Gasteiger partial charge in [0.05, 0.1) is 6.04 Å². The smallest absolute Gasteiger partial charge is 0.321 e. The van der Waals surface area contributed by atoms with E-state index < -0.39 is 6.03 Å². The fourth-order valence-electron chi connectivity index (χ4n) is 2.71. The first kappa shape index (κ1) is 18.1. The summed E-state index contributed by atoms with van der Waals surface area (Å²) in [5.74, 6) is -0.0337. The SMILES string of the molecule is CC(C)NC(=O)NC(=O)[C@@H](C)N1CCN(c2ccc(O)cc2)CC1. The Balaban J connectivity index is 1.83. The van der Waals surface area contributed by atoms with Gasteiger partial charge in [-0.15, -0.1) is 0 Å². The molecule has 1 aromatic carbocycles. The van der Waals surface area contributed by atoms with Crippen LogP contribution in [0.3, 0.4) is 0 Å². The summed E-state index contributed by atoms with van der Waals surface area (Å²) < 4.78 is 0. The van der Waals surface area contributed by atoms with E-state index in [0.29, 0.717) is 0 Å². The maximum atomic E-state index is 12.2. The molecule has 0 aromatic heterocycles. The fourth-order valence-corrected chi connectivity index (χ4v) is 2.71. The molecule has 1 aromatic rings. The lowest BCUT2D eigenvalue weighted by Crippen LogP contribution is -2.55. The molecule has 1 fully saturated rings. The van der Waals surface area contributed by atoms with Crippen molar-refractivity contribution in [2.45, 2.75) is 32.9 Å². The van der Waals surface area contributed by atoms with Crippen LogP contribution in [0.1, 0.15) is 20.8 Å². The Morgan fingerprint density at radius 1 is 1.04 bits per heavy atom. The Kier molecular flexibility index (Phi) is 6.03. The molecule has 1 saturated heterocycles. The van der Waals surface area contributed by atoms with Gasteiger partial charge in [0.2, 0.25) is 5.91 Å². The summed E-state index contributed by atoms with van der Waals surface area (Å²) in [5.41, 5.74) is 1.06. The molecule has 1 heterocycles. The number of benzene rings is 1. The molecule has 0 spiro atoms. The number of phenols is 1. The molecule has 3 N–H and O–H groups in total. The van der Waals surface area contributed by atoms with E-state index in [2.05, 4.69) is 20.4 Å². The second-order valence-electron chi connectivity index (χ2n) is 6.33. The summed E-state index contributed by atoms with van der Waals surface area (Å²) in [6, 6.07) is 6.29. The van der Waals surface area contributed by atoms with E-state index in [-0.39, 0.29) is 23.7 Å². The highest BCUT2D eigenvalue weighted by Crippen LogP contribution is 2.20. The lowest BCUT2D eigenvalue weighted by molar-refractivity contribution is -0.124. The van der Waals surface area contributed by atoms with Gasteiger partial charge in [-0.2, -0.15) is 0 Å². The van der Waals surface area contributed by atoms with Gasteiger partial charge in [0.1, 0.15) is 5.75 Å². The number of piperazine rings is 1. The Labute approximate surface area is 142 Å². The van der Waals surface area contributed by atoms with E-state index in [4.69, 9.17) is 0 Å². The van der Waals surface area contributed by atoms with Crippen LogP contribution in [0.2, 0.25) is 0 Å². The number of carbonyl (C=O) groups is 2. The van der Waals surface area contributed by atoms with Crippen molar-refractivity contribution in [1.82, 2.24) is 15.5 Å². The highest BCUT2D eigenvalue weighted by Gasteiger charge is 2.26. The quantitative estimate of drug-likeness (QED) is 0.769. The van der Waals surface area contributed by atoms with Crippen LogP contribution in [0.5, 0.6) is 5.75 Å². The van der Waals surface area contributed by atoms with Gasteiger partial charge in [-0.25, -0.2) is 4.79 Å². The molecule has 132 valence electrons. The molecule has 0 aliphatic carbocycles. The van der Waals surface area contributed by atoms with Crippen molar-refractivity contribution in [3.63, 3.8) is 0 Å². The summed E-state index contributed by atoms with van der Waals surface area (Å²) in [6.07, 6.45) is 0. The molecule has 1 aliphatic heterocycles. The lowest BCUT2D eigenvalue weighted by atomic mass is 10.2. The Morgan fingerprint density at radius 3 is 2.17 bits per heavy atom. The Bertz CT molecular complexity index is 566. The largest absolute Gasteiger partial charge is 0.508 e. The third-order valence-electron chi connectivity index (χ3n) is 4.11. The van der Waals surface area contributed by atoms with Crippen LogP contribution in [-0.4, -0.2) is 60.2 Å². The Hall–Kier alpha value is -2.28. The van der Waals surface area contributed by atoms with Crippen LogP contribution in [0.25, 0.3) is 0 Å². The number of urea groups is 1. The number of nitrogens with one attached hydrogen (secondary N) is 2. The predicted octanol–water partition coefficient (Wildman–Crippen LogP) is 1.14. The monoisotopic (exact) mass is 334 g/mol. The third kappa shape index (κ3) is 4.86. The molecule has 3 amide bonds. The van der Waals surface area contributed by atoms with Crippen LogP contribution in [0.4, 0.5) is 10.5 Å². The number of hydrogen-bond acceptors (Lipinski definition) is 5. The topological polar surface area (TPSA) is 84.9 Å². The number of phenolic OH excluding ortho intramolecular Hbond substituents is 1. The molecule has 7 nitrogen and oxygen atoms in total. The summed E-state index contributed by atoms with van der Waals surface area (Å²) in [4.78, 5) is 28.1. The molecule has 0 unspecified atom stereocenters. The maximum absolute atomic E-state index is 12.2. The van der Waals surface area contributed by atoms with E-state index in [0.717, 1.165) is 31.9 Å². The molecule has 0 radical (unpaired) electrons. The third-order valence-corrected chi connectivity index (χ3v) is 4.11. The van der Waals surface area contributed by atoms with E-state index in [1.165, 1.54) is 0 Å². The second kappa shape index (κ2) is 8.01. The maximum Gasteiger partial charge on any atom is 0.321 e. The van der Waals surface area contributed by atoms with Crippen molar-refractivity contribution in [3.05, 3.63) is 24.3 Å². The van der Waals surface area contributed by atoms with Crippen LogP contribution >= 0.6 is 0 Å². The minimum Gasteiger partial charge on any atom is -0.508 e. The van der Waals surface area contributed by atoms with Gasteiger partial charge in [-0.1, -0.05) is 0 Å². The van der Waals surface area contributed by atoms with E-state index in [9.17, 15) is 14.7 Å². The van der Waals surface area contributed by atoms with Gasteiger partial charge >= 0.3 is 6.03 Å². The zero-order valence-corrected chi connectivity index (χ0v) is 14.5. The minimum absolute atomic E-state index is 0.0121. The number of aromatic hydroxyl groups is 1. The van der Waals surface area contributed by atoms with Gasteiger partial charge in [0.25, 0.3) is 0 Å². The van der Waals surface area contributed by atoms with Gasteiger partial charge in [-0.3, -0.25) is 15.0 Å². The first-order valence-corrected chi connectivity index (χ1v) is 8.26. The van der Waals surface area contributed by atoms with E-state index >= 15 is 0 Å². The molecular weight excluding hydrogens is 308 g/mol. The van der Waals surface area contributed by atoms with Gasteiger partial charge in [-0.05, 0) is 45.0 Å². The average molecular weight is 334 g/mol. The number of imide groups is 1. The van der Waals surface area contributed by atoms with Crippen molar-refractivity contribution in [1.29, 1.82) is 0 Å². The zero-order valence-electron chi connectivity index (χ0n) is 14.5. The zero-order chi connectivity index (χ0) is 17.7. The van der Waals surface area contributed by atoms with Crippen LogP contribution < -0.4 is 15.5 Å². The predicted molar refractivity (Wildman–Crippen MR) is 93.2 cm³/mol. The molecule has 7 heteroatoms. The summed E-state index contributed by atoms with van der Waals surface area (Å²) in [6.45, 7) is 8.56. The van der Waals surface area contributed by atoms with Crippen molar-refractivity contribution in [2.24, 2.45) is 0 Å². The highest BCUT2D eigenvalue weighted by molar-refractivity contribution is 5.96. The molecule has 1 atom stereocenters. The Morgan fingerprint density at radius 2 is 1.62 bits per heavy atom. The van der Waals surface area contributed by atoms with Crippen molar-refractivity contribution in [2.75, 3.05) is 31.1 Å². The first-order chi connectivity index (χ1) is 11.4. The van der Waals surface area contributed by atoms with Gasteiger partial charge in [0.15, 0.2) is 0 Å². The number of amides is 3. The molecule has 0 bridgehead atoms. The number of nitrogens with zero attached hydrogens (tertiary/aromatic N) is 2. The van der Waals surface area contributed by atoms with Crippen molar-refractivity contribution in [3.8, 4) is 5.75 Å². The lowest BCUT2D eigenvalue weighted by Gasteiger charge is -2.38. The van der Waals surface area contributed by atoms with Gasteiger partial charge < -0.3 is 15.3 Å². The first-order valence-electron chi connectivity index (χ1n) is 8.26. The standard InChI is InChI=1S/C17H26N4O3/c1-12(2)18-17(24)19-16(23)13(3)20-8-10-21(11-9-20)14-4-6-15(22)7-5-14/h4-7,12-13,22H,8-11H2,1-3H3,(H2,18,19,23,24)/t13-/m1/s1. The molecule has 1 aliphatic rings. The number of rotatable bonds is 4. The van der Waals surface area contributed by atoms with Gasteiger partial charge in [0, 0.05) is 37.9 Å². The highest BCUT2D eigenvalue weighted by atomic mass is 16.3. The van der Waals surface area contributed by atoms with Crippen LogP contribution in [0, 0.1) is 0 Å². The molecular formula is C17H26N4O3. The summed E-state index contributed by atoms with van der Waals surface area (Å²) in [5, 5.41) is 14.4. The number of hydrogen-bond donors (Lipinski definition) is 3. The average Bonchev–Trinajstić information content (AvgIpc) is 2.54. The second-order valence-corrected chi connectivity index (χ2v) is 6.33. The number of carbonyl (C=O) groups excluding carboxylic acids is 2. The van der Waals surface area contributed by atoms with Crippen molar-refractivity contribution < 1.29 is 14.7 Å². The fraction of sp³-hybridized carbons (Fsp3) is 0.529. The van der Waals surface area contributed by atoms with E-state index in [1.807, 2.05) is 32.9 Å². The summed E-state index contributed by atoms with van der Waals surface area (Å²) in [7, 11) is 0. The van der Waals surface area contributed by atoms with Crippen LogP contribution in [0.15, 0.2) is 24.3 Å². The molecule has 2 rings (SSSR count). The van der Waals surface area contributed by atoms with E-state index in [1.54, 1.807) is 12.1 Å². The summed E-state index contributed by atoms with van der Waals surface area (Å²) >= 11 is 0. The van der Waals surface area contributed by atoms with Crippen molar-refractivity contribution >= 4 is 17.6 Å². The minimum atomic E-state index is -0.454. The normalized spacial score (nSPS) is 16.8. The molecule has 0 saturated carbocycles. The molecule has 24 heavy (non-hydrogen) atoms.